The highest BCUT2D eigenvalue weighted by Crippen LogP contribution is 2.32. The molecule has 9 heteroatoms. The van der Waals surface area contributed by atoms with Crippen molar-refractivity contribution in [2.75, 3.05) is 11.1 Å². The second kappa shape index (κ2) is 5.83. The first kappa shape index (κ1) is 14.6. The number of anilines is 3. The highest BCUT2D eigenvalue weighted by Gasteiger charge is 2.18. The Kier molecular flexibility index (Phi) is 3.88. The molecule has 3 N–H and O–H groups in total. The van der Waals surface area contributed by atoms with E-state index in [9.17, 15) is 8.78 Å². The van der Waals surface area contributed by atoms with Crippen LogP contribution < -0.4 is 11.1 Å². The molecule has 112 valence electrons. The van der Waals surface area contributed by atoms with E-state index in [0.717, 1.165) is 9.77 Å². The van der Waals surface area contributed by atoms with E-state index in [1.165, 1.54) is 18.3 Å². The van der Waals surface area contributed by atoms with Gasteiger partial charge in [0.25, 0.3) is 5.89 Å². The summed E-state index contributed by atoms with van der Waals surface area (Å²) in [4.78, 5) is 3.74. The maximum Gasteiger partial charge on any atom is 0.313 e. The molecule has 0 bridgehead atoms. The molecule has 0 spiro atoms. The topological polar surface area (TPSA) is 89.9 Å². The molecule has 2 aromatic heterocycles. The minimum Gasteiger partial charge on any atom is -0.403 e. The third-order valence-electron chi connectivity index (χ3n) is 2.75. The fourth-order valence-corrected chi connectivity index (χ4v) is 2.27. The van der Waals surface area contributed by atoms with Gasteiger partial charge in [-0.3, -0.25) is 4.98 Å². The first-order valence-corrected chi connectivity index (χ1v) is 7.07. The van der Waals surface area contributed by atoms with E-state index in [4.69, 9.17) is 10.2 Å². The average molecular weight is 415 g/mol. The zero-order valence-corrected chi connectivity index (χ0v) is 13.0. The Morgan fingerprint density at radius 2 is 1.91 bits per heavy atom. The second-order valence-electron chi connectivity index (χ2n) is 4.24. The second-order valence-corrected chi connectivity index (χ2v) is 5.48. The summed E-state index contributed by atoms with van der Waals surface area (Å²) in [5, 5.41) is 9.89. The number of aromatic nitrogens is 3. The van der Waals surface area contributed by atoms with Crippen LogP contribution in [0.3, 0.4) is 0 Å². The highest BCUT2D eigenvalue weighted by molar-refractivity contribution is 14.1. The van der Waals surface area contributed by atoms with Crippen molar-refractivity contribution in [1.29, 1.82) is 0 Å². The van der Waals surface area contributed by atoms with Crippen LogP contribution in [0.5, 0.6) is 0 Å². The Balaban J connectivity index is 2.06. The molecule has 2 heterocycles. The fourth-order valence-electron chi connectivity index (χ4n) is 1.82. The van der Waals surface area contributed by atoms with Crippen molar-refractivity contribution in [3.05, 3.63) is 45.8 Å². The van der Waals surface area contributed by atoms with Gasteiger partial charge < -0.3 is 15.5 Å². The molecule has 0 aliphatic heterocycles. The number of halogens is 3. The van der Waals surface area contributed by atoms with E-state index in [-0.39, 0.29) is 28.8 Å². The van der Waals surface area contributed by atoms with Gasteiger partial charge in [0.2, 0.25) is 0 Å². The minimum atomic E-state index is -0.695. The largest absolute Gasteiger partial charge is 0.403 e. The SMILES string of the molecule is Nc1nnc(-c2c(F)cncc2Nc2ccc(I)cc2F)o1. The van der Waals surface area contributed by atoms with E-state index in [0.29, 0.717) is 0 Å². The molecule has 3 aromatic rings. The van der Waals surface area contributed by atoms with Gasteiger partial charge in [-0.15, -0.1) is 5.10 Å². The van der Waals surface area contributed by atoms with Gasteiger partial charge in [0, 0.05) is 3.57 Å². The predicted molar refractivity (Wildman–Crippen MR) is 84.3 cm³/mol. The number of hydrogen-bond donors (Lipinski definition) is 2. The molecule has 0 aliphatic carbocycles. The normalized spacial score (nSPS) is 10.7. The van der Waals surface area contributed by atoms with Crippen molar-refractivity contribution in [3.8, 4) is 11.5 Å². The van der Waals surface area contributed by atoms with Crippen molar-refractivity contribution in [1.82, 2.24) is 15.2 Å². The van der Waals surface area contributed by atoms with Gasteiger partial charge in [0.05, 0.1) is 23.8 Å². The summed E-state index contributed by atoms with van der Waals surface area (Å²) in [6.07, 6.45) is 2.32. The number of rotatable bonds is 3. The monoisotopic (exact) mass is 415 g/mol. The van der Waals surface area contributed by atoms with Crippen molar-refractivity contribution in [2.24, 2.45) is 0 Å². The van der Waals surface area contributed by atoms with Gasteiger partial charge in [-0.2, -0.15) is 0 Å². The van der Waals surface area contributed by atoms with Crippen LogP contribution in [0.1, 0.15) is 0 Å². The molecule has 0 saturated heterocycles. The van der Waals surface area contributed by atoms with Crippen molar-refractivity contribution >= 4 is 40.0 Å². The Morgan fingerprint density at radius 3 is 2.59 bits per heavy atom. The molecule has 0 fully saturated rings. The number of nitrogens with zero attached hydrogens (tertiary/aromatic N) is 3. The van der Waals surface area contributed by atoms with Crippen molar-refractivity contribution < 1.29 is 13.2 Å². The van der Waals surface area contributed by atoms with Crippen LogP contribution in [0.15, 0.2) is 35.0 Å². The molecule has 0 atom stereocenters. The molecule has 22 heavy (non-hydrogen) atoms. The quantitative estimate of drug-likeness (QED) is 0.638. The van der Waals surface area contributed by atoms with E-state index in [1.54, 1.807) is 6.07 Å². The Labute approximate surface area is 136 Å². The molecule has 0 unspecified atom stereocenters. The Bertz CT molecular complexity index is 839. The zero-order chi connectivity index (χ0) is 15.7. The molecule has 6 nitrogen and oxygen atoms in total. The summed E-state index contributed by atoms with van der Waals surface area (Å²) in [6, 6.07) is 4.40. The minimum absolute atomic E-state index is 0.0304. The zero-order valence-electron chi connectivity index (χ0n) is 10.8. The standard InChI is InChI=1S/C13H8F2IN5O/c14-7-3-6(16)1-2-9(7)19-10-5-18-4-8(15)11(10)12-20-21-13(17)22-12/h1-5,19H,(H2,17,21). The first-order valence-electron chi connectivity index (χ1n) is 5.99. The third kappa shape index (κ3) is 2.84. The van der Waals surface area contributed by atoms with Crippen LogP contribution in [0.25, 0.3) is 11.5 Å². The average Bonchev–Trinajstić information content (AvgIpc) is 2.88. The molecule has 3 rings (SSSR count). The van der Waals surface area contributed by atoms with Gasteiger partial charge >= 0.3 is 6.01 Å². The maximum atomic E-state index is 14.0. The van der Waals surface area contributed by atoms with Gasteiger partial charge in [-0.05, 0) is 40.8 Å². The smallest absolute Gasteiger partial charge is 0.313 e. The van der Waals surface area contributed by atoms with Crippen LogP contribution in [-0.2, 0) is 0 Å². The molecule has 0 radical (unpaired) electrons. The number of nitrogen functional groups attached to an aromatic ring is 1. The van der Waals surface area contributed by atoms with Crippen molar-refractivity contribution in [2.45, 2.75) is 0 Å². The van der Waals surface area contributed by atoms with E-state index >= 15 is 0 Å². The number of nitrogens with one attached hydrogen (secondary N) is 1. The lowest BCUT2D eigenvalue weighted by Gasteiger charge is -2.11. The maximum absolute atomic E-state index is 14.0. The van der Waals surface area contributed by atoms with Crippen LogP contribution in [-0.4, -0.2) is 15.2 Å². The third-order valence-corrected chi connectivity index (χ3v) is 3.43. The van der Waals surface area contributed by atoms with Crippen molar-refractivity contribution in [3.63, 3.8) is 0 Å². The lowest BCUT2D eigenvalue weighted by atomic mass is 10.2. The first-order chi connectivity index (χ1) is 10.5. The molecule has 0 saturated carbocycles. The molecular weight excluding hydrogens is 407 g/mol. The summed E-state index contributed by atoms with van der Waals surface area (Å²) in [5.41, 5.74) is 5.67. The van der Waals surface area contributed by atoms with Crippen LogP contribution in [0.2, 0.25) is 0 Å². The summed E-state index contributed by atoms with van der Waals surface area (Å²) in [7, 11) is 0. The fraction of sp³-hybridized carbons (Fsp3) is 0. The number of nitrogens with two attached hydrogens (primary N) is 1. The molecule has 0 aliphatic rings. The van der Waals surface area contributed by atoms with Gasteiger partial charge in [0.15, 0.2) is 5.82 Å². The van der Waals surface area contributed by atoms with Crippen LogP contribution in [0, 0.1) is 15.2 Å². The van der Waals surface area contributed by atoms with E-state index in [2.05, 4.69) is 20.5 Å². The van der Waals surface area contributed by atoms with E-state index in [1.807, 2.05) is 22.6 Å². The Hall–Kier alpha value is -2.30. The summed E-state index contributed by atoms with van der Waals surface area (Å²) >= 11 is 1.99. The lowest BCUT2D eigenvalue weighted by molar-refractivity contribution is 0.573. The lowest BCUT2D eigenvalue weighted by Crippen LogP contribution is -1.99. The number of hydrogen-bond acceptors (Lipinski definition) is 6. The van der Waals surface area contributed by atoms with Gasteiger partial charge in [-0.25, -0.2) is 8.78 Å². The van der Waals surface area contributed by atoms with Gasteiger partial charge in [-0.1, -0.05) is 5.10 Å². The number of benzene rings is 1. The van der Waals surface area contributed by atoms with E-state index < -0.39 is 11.6 Å². The summed E-state index contributed by atoms with van der Waals surface area (Å²) < 4.78 is 33.7. The Morgan fingerprint density at radius 1 is 1.09 bits per heavy atom. The van der Waals surface area contributed by atoms with Crippen LogP contribution >= 0.6 is 22.6 Å². The molecular formula is C13H8F2IN5O. The predicted octanol–water partition coefficient (Wildman–Crippen LogP) is 3.34. The molecule has 0 amide bonds. The molecule has 1 aromatic carbocycles. The summed E-state index contributed by atoms with van der Waals surface area (Å²) in [6.45, 7) is 0. The highest BCUT2D eigenvalue weighted by atomic mass is 127. The van der Waals surface area contributed by atoms with Gasteiger partial charge in [0.1, 0.15) is 11.4 Å². The summed E-state index contributed by atoms with van der Waals surface area (Å²) in [5.74, 6) is -1.29. The van der Waals surface area contributed by atoms with Crippen LogP contribution in [0.4, 0.5) is 26.2 Å². The number of pyridine rings is 1.